The molecule has 1 unspecified atom stereocenters. The Kier molecular flexibility index (Phi) is 5.36. The summed E-state index contributed by atoms with van der Waals surface area (Å²) in [5, 5.41) is 9.40. The number of aliphatic carboxylic acids is 1. The molecule has 0 fully saturated rings. The first kappa shape index (κ1) is 15.5. The molecule has 1 atom stereocenters. The Hall–Kier alpha value is -1.55. The summed E-state index contributed by atoms with van der Waals surface area (Å²) < 4.78 is 0. The normalized spacial score (nSPS) is 12.0. The molecule has 0 bridgehead atoms. The molecule has 0 heterocycles. The maximum Gasteiger partial charge on any atom is 0.305 e. The minimum absolute atomic E-state index is 0.0633. The van der Waals surface area contributed by atoms with E-state index in [2.05, 4.69) is 0 Å². The van der Waals surface area contributed by atoms with E-state index in [-0.39, 0.29) is 18.4 Å². The van der Waals surface area contributed by atoms with Gasteiger partial charge in [-0.15, -0.1) is 0 Å². The maximum atomic E-state index is 12.4. The number of amides is 1. The first-order chi connectivity index (χ1) is 8.86. The van der Waals surface area contributed by atoms with Gasteiger partial charge in [0.1, 0.15) is 0 Å². The molecule has 0 spiro atoms. The van der Waals surface area contributed by atoms with Crippen LogP contribution in [0, 0.1) is 6.92 Å². The third kappa shape index (κ3) is 3.96. The number of nitrogens with zero attached hydrogens (tertiary/aromatic N) is 1. The second-order valence-electron chi connectivity index (χ2n) is 4.50. The smallest absolute Gasteiger partial charge is 0.305 e. The Bertz CT molecular complexity index is 488. The van der Waals surface area contributed by atoms with Crippen molar-refractivity contribution in [1.29, 1.82) is 0 Å². The number of halogens is 1. The van der Waals surface area contributed by atoms with Gasteiger partial charge in [-0.2, -0.15) is 0 Å². The molecule has 1 amide bonds. The average Bonchev–Trinajstić information content (AvgIpc) is 2.28. The number of carboxylic acid groups (broad SMARTS) is 1. The lowest BCUT2D eigenvalue weighted by Crippen LogP contribution is -2.40. The number of carboxylic acids is 1. The van der Waals surface area contributed by atoms with Gasteiger partial charge in [-0.05, 0) is 44.5 Å². The molecule has 1 rings (SSSR count). The van der Waals surface area contributed by atoms with Gasteiger partial charge in [-0.3, -0.25) is 9.59 Å². The molecular formula is C14H18ClNO3. The van der Waals surface area contributed by atoms with Gasteiger partial charge >= 0.3 is 5.97 Å². The highest BCUT2D eigenvalue weighted by Gasteiger charge is 2.23. The summed E-state index contributed by atoms with van der Waals surface area (Å²) in [5.74, 6) is -1.07. The summed E-state index contributed by atoms with van der Waals surface area (Å²) in [6, 6.07) is 4.73. The van der Waals surface area contributed by atoms with E-state index in [1.165, 1.54) is 0 Å². The van der Waals surface area contributed by atoms with E-state index in [4.69, 9.17) is 16.7 Å². The number of aryl methyl sites for hydroxylation is 1. The van der Waals surface area contributed by atoms with Gasteiger partial charge in [-0.1, -0.05) is 11.6 Å². The van der Waals surface area contributed by atoms with Crippen LogP contribution in [0.3, 0.4) is 0 Å². The van der Waals surface area contributed by atoms with E-state index in [0.29, 0.717) is 17.1 Å². The van der Waals surface area contributed by atoms with Crippen LogP contribution >= 0.6 is 11.6 Å². The van der Waals surface area contributed by atoms with Gasteiger partial charge in [0.25, 0.3) is 5.91 Å². The Labute approximate surface area is 118 Å². The molecule has 0 aliphatic heterocycles. The van der Waals surface area contributed by atoms with Crippen LogP contribution in [0.25, 0.3) is 0 Å². The zero-order valence-electron chi connectivity index (χ0n) is 11.3. The fourth-order valence-corrected chi connectivity index (χ4v) is 2.27. The highest BCUT2D eigenvalue weighted by Crippen LogP contribution is 2.18. The molecule has 5 heteroatoms. The molecule has 4 nitrogen and oxygen atoms in total. The first-order valence-electron chi connectivity index (χ1n) is 6.15. The van der Waals surface area contributed by atoms with E-state index in [9.17, 15) is 9.59 Å². The van der Waals surface area contributed by atoms with Crippen LogP contribution in [0.4, 0.5) is 0 Å². The first-order valence-corrected chi connectivity index (χ1v) is 6.53. The van der Waals surface area contributed by atoms with Crippen molar-refractivity contribution >= 4 is 23.5 Å². The average molecular weight is 284 g/mol. The van der Waals surface area contributed by atoms with Crippen LogP contribution < -0.4 is 0 Å². The van der Waals surface area contributed by atoms with Crippen molar-refractivity contribution in [2.75, 3.05) is 6.54 Å². The molecule has 1 aromatic rings. The van der Waals surface area contributed by atoms with Gasteiger partial charge in [-0.25, -0.2) is 0 Å². The van der Waals surface area contributed by atoms with Crippen molar-refractivity contribution in [3.8, 4) is 0 Å². The minimum atomic E-state index is -0.911. The molecule has 0 saturated carbocycles. The largest absolute Gasteiger partial charge is 0.481 e. The summed E-state index contributed by atoms with van der Waals surface area (Å²) >= 11 is 5.86. The maximum absolute atomic E-state index is 12.4. The summed E-state index contributed by atoms with van der Waals surface area (Å²) in [5.41, 5.74) is 1.35. The molecule has 1 aromatic carbocycles. The van der Waals surface area contributed by atoms with Crippen LogP contribution in [0.5, 0.6) is 0 Å². The van der Waals surface area contributed by atoms with Gasteiger partial charge in [0.2, 0.25) is 0 Å². The SMILES string of the molecule is CCN(C(=O)c1ccc(Cl)cc1C)C(C)CC(=O)O. The van der Waals surface area contributed by atoms with Crippen LogP contribution in [0.2, 0.25) is 5.02 Å². The zero-order chi connectivity index (χ0) is 14.6. The van der Waals surface area contributed by atoms with Gasteiger partial charge in [0.05, 0.1) is 6.42 Å². The molecule has 0 saturated heterocycles. The molecule has 1 N–H and O–H groups in total. The predicted octanol–water partition coefficient (Wildman–Crippen LogP) is 2.97. The molecule has 19 heavy (non-hydrogen) atoms. The molecule has 0 aliphatic rings. The Morgan fingerprint density at radius 2 is 2.05 bits per heavy atom. The Morgan fingerprint density at radius 1 is 1.42 bits per heavy atom. The number of carbonyl (C=O) groups excluding carboxylic acids is 1. The van der Waals surface area contributed by atoms with Gasteiger partial charge in [0.15, 0.2) is 0 Å². The van der Waals surface area contributed by atoms with Crippen molar-refractivity contribution < 1.29 is 14.7 Å². The topological polar surface area (TPSA) is 57.6 Å². The van der Waals surface area contributed by atoms with Crippen molar-refractivity contribution in [3.05, 3.63) is 34.3 Å². The Morgan fingerprint density at radius 3 is 2.53 bits per heavy atom. The van der Waals surface area contributed by atoms with E-state index >= 15 is 0 Å². The molecule has 104 valence electrons. The lowest BCUT2D eigenvalue weighted by molar-refractivity contribution is -0.138. The lowest BCUT2D eigenvalue weighted by Gasteiger charge is -2.27. The van der Waals surface area contributed by atoms with E-state index in [1.54, 1.807) is 30.0 Å². The highest BCUT2D eigenvalue weighted by molar-refractivity contribution is 6.30. The number of carbonyl (C=O) groups is 2. The minimum Gasteiger partial charge on any atom is -0.481 e. The second kappa shape index (κ2) is 6.57. The van der Waals surface area contributed by atoms with E-state index in [1.807, 2.05) is 13.8 Å². The monoisotopic (exact) mass is 283 g/mol. The van der Waals surface area contributed by atoms with Crippen molar-refractivity contribution in [2.45, 2.75) is 33.2 Å². The van der Waals surface area contributed by atoms with Crippen molar-refractivity contribution in [2.24, 2.45) is 0 Å². The quantitative estimate of drug-likeness (QED) is 0.904. The third-order valence-electron chi connectivity index (χ3n) is 3.02. The molecule has 0 radical (unpaired) electrons. The van der Waals surface area contributed by atoms with Crippen LogP contribution in [0.15, 0.2) is 18.2 Å². The Balaban J connectivity index is 2.98. The fourth-order valence-electron chi connectivity index (χ4n) is 2.04. The second-order valence-corrected chi connectivity index (χ2v) is 4.93. The summed E-state index contributed by atoms with van der Waals surface area (Å²) in [6.07, 6.45) is -0.0633. The van der Waals surface area contributed by atoms with Gasteiger partial charge < -0.3 is 10.0 Å². The summed E-state index contributed by atoms with van der Waals surface area (Å²) in [6.45, 7) is 5.85. The van der Waals surface area contributed by atoms with Crippen molar-refractivity contribution in [3.63, 3.8) is 0 Å². The van der Waals surface area contributed by atoms with E-state index in [0.717, 1.165) is 5.56 Å². The number of hydrogen-bond donors (Lipinski definition) is 1. The standard InChI is InChI=1S/C14H18ClNO3/c1-4-16(10(3)8-13(17)18)14(19)12-6-5-11(15)7-9(12)2/h5-7,10H,4,8H2,1-3H3,(H,17,18). The molecular weight excluding hydrogens is 266 g/mol. The molecule has 0 aromatic heterocycles. The van der Waals surface area contributed by atoms with Crippen LogP contribution in [-0.2, 0) is 4.79 Å². The van der Waals surface area contributed by atoms with Crippen molar-refractivity contribution in [1.82, 2.24) is 4.90 Å². The lowest BCUT2D eigenvalue weighted by atomic mass is 10.1. The van der Waals surface area contributed by atoms with Crippen LogP contribution in [0.1, 0.15) is 36.2 Å². The number of rotatable bonds is 5. The summed E-state index contributed by atoms with van der Waals surface area (Å²) in [7, 11) is 0. The summed E-state index contributed by atoms with van der Waals surface area (Å²) in [4.78, 5) is 24.7. The highest BCUT2D eigenvalue weighted by atomic mass is 35.5. The number of benzene rings is 1. The fraction of sp³-hybridized carbons (Fsp3) is 0.429. The zero-order valence-corrected chi connectivity index (χ0v) is 12.1. The van der Waals surface area contributed by atoms with E-state index < -0.39 is 5.97 Å². The van der Waals surface area contributed by atoms with Gasteiger partial charge in [0, 0.05) is 23.2 Å². The third-order valence-corrected chi connectivity index (χ3v) is 3.26. The number of hydrogen-bond acceptors (Lipinski definition) is 2. The predicted molar refractivity (Wildman–Crippen MR) is 74.6 cm³/mol. The van der Waals surface area contributed by atoms with Crippen LogP contribution in [-0.4, -0.2) is 34.5 Å². The molecule has 0 aliphatic carbocycles.